The van der Waals surface area contributed by atoms with Crippen LogP contribution in [0, 0.1) is 0 Å². The second kappa shape index (κ2) is 9.71. The molecular formula is C23H30N2O4S2. The Bertz CT molecular complexity index is 934. The maximum Gasteiger partial charge on any atom is 0.322 e. The molecule has 0 aliphatic carbocycles. The monoisotopic (exact) mass is 462 g/mol. The second-order valence-electron chi connectivity index (χ2n) is 9.03. The Morgan fingerprint density at radius 1 is 1.26 bits per heavy atom. The van der Waals surface area contributed by atoms with Crippen LogP contribution < -0.4 is 0 Å². The molecule has 0 radical (unpaired) electrons. The first-order valence-electron chi connectivity index (χ1n) is 10.4. The molecule has 2 aromatic rings. The zero-order valence-electron chi connectivity index (χ0n) is 18.8. The lowest BCUT2D eigenvalue weighted by Crippen LogP contribution is -2.36. The van der Waals surface area contributed by atoms with Crippen molar-refractivity contribution in [3.63, 3.8) is 0 Å². The van der Waals surface area contributed by atoms with E-state index in [4.69, 9.17) is 9.47 Å². The van der Waals surface area contributed by atoms with Crippen LogP contribution >= 0.6 is 23.1 Å². The highest BCUT2D eigenvalue weighted by Crippen LogP contribution is 2.36. The average Bonchev–Trinajstić information content (AvgIpc) is 3.04. The molecule has 6 nitrogen and oxygen atoms in total. The summed E-state index contributed by atoms with van der Waals surface area (Å²) in [5.41, 5.74) is 2.11. The summed E-state index contributed by atoms with van der Waals surface area (Å²) in [5, 5.41) is 2.02. The minimum absolute atomic E-state index is 0.0155. The summed E-state index contributed by atoms with van der Waals surface area (Å²) in [6.07, 6.45) is 1.55. The number of carbonyl (C=O) groups is 2. The van der Waals surface area contributed by atoms with Crippen LogP contribution in [0.25, 0.3) is 0 Å². The molecule has 1 aromatic carbocycles. The van der Waals surface area contributed by atoms with Crippen LogP contribution in [0.15, 0.2) is 34.0 Å². The molecule has 168 valence electrons. The number of hydrogen-bond donors (Lipinski definition) is 0. The average molecular weight is 463 g/mol. The van der Waals surface area contributed by atoms with Gasteiger partial charge in [0.1, 0.15) is 17.1 Å². The Labute approximate surface area is 192 Å². The molecule has 1 aromatic heterocycles. The second-order valence-corrected chi connectivity index (χ2v) is 11.8. The molecular weight excluding hydrogens is 432 g/mol. The zero-order valence-corrected chi connectivity index (χ0v) is 20.4. The molecule has 3 rings (SSSR count). The molecule has 0 fully saturated rings. The molecule has 31 heavy (non-hydrogen) atoms. The van der Waals surface area contributed by atoms with Crippen molar-refractivity contribution in [2.75, 3.05) is 13.3 Å². The number of hydrogen-bond acceptors (Lipinski definition) is 7. The zero-order chi connectivity index (χ0) is 22.6. The molecule has 0 saturated carbocycles. The van der Waals surface area contributed by atoms with Crippen LogP contribution in [-0.2, 0) is 27.3 Å². The lowest BCUT2D eigenvalue weighted by molar-refractivity contribution is -0.156. The molecule has 8 heteroatoms. The van der Waals surface area contributed by atoms with Gasteiger partial charge in [-0.25, -0.2) is 4.98 Å². The summed E-state index contributed by atoms with van der Waals surface area (Å²) in [4.78, 5) is 31.7. The van der Waals surface area contributed by atoms with Crippen molar-refractivity contribution < 1.29 is 19.1 Å². The molecule has 0 spiro atoms. The third-order valence-corrected chi connectivity index (χ3v) is 6.83. The summed E-state index contributed by atoms with van der Waals surface area (Å²) < 4.78 is 11.3. The van der Waals surface area contributed by atoms with E-state index in [1.165, 1.54) is 23.1 Å². The Morgan fingerprint density at radius 3 is 2.74 bits per heavy atom. The number of aryl methyl sites for hydroxylation is 1. The number of aromatic nitrogens is 1. The smallest absolute Gasteiger partial charge is 0.322 e. The minimum Gasteiger partial charge on any atom is -0.459 e. The summed E-state index contributed by atoms with van der Waals surface area (Å²) in [7, 11) is 0. The predicted octanol–water partition coefficient (Wildman–Crippen LogP) is 4.92. The normalized spacial score (nSPS) is 14.9. The van der Waals surface area contributed by atoms with Crippen LogP contribution in [0.1, 0.15) is 62.7 Å². The summed E-state index contributed by atoms with van der Waals surface area (Å²) >= 11 is 2.95. The first-order chi connectivity index (χ1) is 14.5. The molecule has 1 aliphatic rings. The van der Waals surface area contributed by atoms with E-state index in [1.54, 1.807) is 4.90 Å². The first kappa shape index (κ1) is 23.8. The molecule has 1 amide bonds. The van der Waals surface area contributed by atoms with Gasteiger partial charge in [0, 0.05) is 17.5 Å². The van der Waals surface area contributed by atoms with Gasteiger partial charge < -0.3 is 14.4 Å². The predicted molar refractivity (Wildman–Crippen MR) is 123 cm³/mol. The van der Waals surface area contributed by atoms with E-state index in [-0.39, 0.29) is 11.9 Å². The quantitative estimate of drug-likeness (QED) is 0.430. The van der Waals surface area contributed by atoms with Gasteiger partial charge in [-0.15, -0.1) is 11.3 Å². The number of benzene rings is 1. The van der Waals surface area contributed by atoms with Gasteiger partial charge in [0.25, 0.3) is 5.91 Å². The number of esters is 1. The van der Waals surface area contributed by atoms with Crippen LogP contribution in [0.3, 0.4) is 0 Å². The highest BCUT2D eigenvalue weighted by Gasteiger charge is 2.34. The van der Waals surface area contributed by atoms with E-state index < -0.39 is 10.3 Å². The molecule has 0 atom stereocenters. The summed E-state index contributed by atoms with van der Waals surface area (Å²) in [5.74, 6) is -0.233. The number of fused-ring (bicyclic) bond motifs is 1. The maximum atomic E-state index is 12.8. The van der Waals surface area contributed by atoms with Gasteiger partial charge in [-0.3, -0.25) is 9.59 Å². The van der Waals surface area contributed by atoms with Crippen molar-refractivity contribution in [2.45, 2.75) is 68.8 Å². The van der Waals surface area contributed by atoms with Gasteiger partial charge in [0.05, 0.1) is 12.3 Å². The third kappa shape index (κ3) is 6.54. The van der Waals surface area contributed by atoms with E-state index in [1.807, 2.05) is 64.3 Å². The van der Waals surface area contributed by atoms with Crippen molar-refractivity contribution in [3.05, 3.63) is 46.5 Å². The third-order valence-electron chi connectivity index (χ3n) is 4.66. The number of nitrogens with zero attached hydrogens (tertiary/aromatic N) is 2. The van der Waals surface area contributed by atoms with Crippen molar-refractivity contribution in [1.29, 1.82) is 0 Å². The Morgan fingerprint density at radius 2 is 2.00 bits per heavy atom. The number of thioether (sulfide) groups is 1. The van der Waals surface area contributed by atoms with Crippen LogP contribution in [0.2, 0.25) is 0 Å². The minimum atomic E-state index is -0.717. The number of thiazole rings is 1. The SMILES string of the molecule is CC(C)(C)OC(=O)C(C)(C)Sc1nc(CCCN2COCc3ccccc3C2=O)cs1. The van der Waals surface area contributed by atoms with Crippen molar-refractivity contribution >= 4 is 35.0 Å². The number of carbonyl (C=O) groups excluding carboxylic acids is 2. The van der Waals surface area contributed by atoms with E-state index >= 15 is 0 Å². The fourth-order valence-corrected chi connectivity index (χ4v) is 5.34. The number of amides is 1. The van der Waals surface area contributed by atoms with Gasteiger partial charge >= 0.3 is 5.97 Å². The Balaban J connectivity index is 1.53. The summed E-state index contributed by atoms with van der Waals surface area (Å²) in [6.45, 7) is 10.7. The van der Waals surface area contributed by atoms with Gasteiger partial charge in [-0.1, -0.05) is 30.0 Å². The maximum absolute atomic E-state index is 12.8. The Kier molecular flexibility index (Phi) is 7.44. The van der Waals surface area contributed by atoms with E-state index in [2.05, 4.69) is 4.98 Å². The van der Waals surface area contributed by atoms with E-state index in [0.717, 1.165) is 34.0 Å². The fourth-order valence-electron chi connectivity index (χ4n) is 3.08. The number of ether oxygens (including phenoxy) is 2. The van der Waals surface area contributed by atoms with Gasteiger partial charge in [0.2, 0.25) is 0 Å². The van der Waals surface area contributed by atoms with Crippen molar-refractivity contribution in [1.82, 2.24) is 9.88 Å². The topological polar surface area (TPSA) is 68.7 Å². The van der Waals surface area contributed by atoms with Gasteiger partial charge in [-0.05, 0) is 59.1 Å². The van der Waals surface area contributed by atoms with Crippen LogP contribution in [0.5, 0.6) is 0 Å². The van der Waals surface area contributed by atoms with E-state index in [0.29, 0.717) is 19.9 Å². The molecule has 0 saturated heterocycles. The lowest BCUT2D eigenvalue weighted by Gasteiger charge is -2.27. The molecule has 0 N–H and O–H groups in total. The first-order valence-corrected chi connectivity index (χ1v) is 12.1. The standard InChI is InChI=1S/C23H30N2O4S2/c1-22(2,3)29-20(27)23(4,5)31-21-24-17(14-30-21)10-8-12-25-15-28-13-16-9-6-7-11-18(16)19(25)26/h6-7,9,11,14H,8,10,12-13,15H2,1-5H3. The molecule has 1 aliphatic heterocycles. The van der Waals surface area contributed by atoms with E-state index in [9.17, 15) is 9.59 Å². The summed E-state index contributed by atoms with van der Waals surface area (Å²) in [6, 6.07) is 7.60. The lowest BCUT2D eigenvalue weighted by atomic mass is 10.1. The van der Waals surface area contributed by atoms with Gasteiger partial charge in [-0.2, -0.15) is 0 Å². The van der Waals surface area contributed by atoms with Crippen LogP contribution in [-0.4, -0.2) is 45.4 Å². The van der Waals surface area contributed by atoms with Crippen molar-refractivity contribution in [3.8, 4) is 0 Å². The highest BCUT2D eigenvalue weighted by molar-refractivity contribution is 8.03. The van der Waals surface area contributed by atoms with Crippen LogP contribution in [0.4, 0.5) is 0 Å². The highest BCUT2D eigenvalue weighted by atomic mass is 32.2. The Hall–Kier alpha value is -1.90. The molecule has 2 heterocycles. The largest absolute Gasteiger partial charge is 0.459 e. The van der Waals surface area contributed by atoms with Gasteiger partial charge in [0.15, 0.2) is 4.34 Å². The number of rotatable bonds is 7. The fraction of sp³-hybridized carbons (Fsp3) is 0.522. The molecule has 0 unspecified atom stereocenters. The molecule has 0 bridgehead atoms. The van der Waals surface area contributed by atoms with Crippen molar-refractivity contribution in [2.24, 2.45) is 0 Å².